The Morgan fingerprint density at radius 3 is 1.91 bits per heavy atom. The van der Waals surface area contributed by atoms with E-state index in [2.05, 4.69) is 50.1 Å². The van der Waals surface area contributed by atoms with Gasteiger partial charge >= 0.3 is 5.82 Å². The van der Waals surface area contributed by atoms with E-state index in [-0.39, 0.29) is 22.7 Å². The Balaban J connectivity index is 1.46. The second kappa shape index (κ2) is 10.1. The summed E-state index contributed by atoms with van der Waals surface area (Å²) in [4.78, 5) is 11.0. The van der Waals surface area contributed by atoms with Gasteiger partial charge in [-0.15, -0.1) is 0 Å². The van der Waals surface area contributed by atoms with Gasteiger partial charge in [0.2, 0.25) is 0 Å². The summed E-state index contributed by atoms with van der Waals surface area (Å²) in [5.41, 5.74) is 2.76. The maximum Gasteiger partial charge on any atom is 0.390 e. The quantitative estimate of drug-likeness (QED) is 0.279. The van der Waals surface area contributed by atoms with Gasteiger partial charge in [-0.1, -0.05) is 81.4 Å². The largest absolute Gasteiger partial charge is 0.390 e. The molecular weight excluding hydrogens is 430 g/mol. The zero-order valence-corrected chi connectivity index (χ0v) is 20.1. The highest BCUT2D eigenvalue weighted by molar-refractivity contribution is 5.28. The lowest BCUT2D eigenvalue weighted by Crippen LogP contribution is -2.46. The molecule has 1 fully saturated rings. The lowest BCUT2D eigenvalue weighted by molar-refractivity contribution is -0.390. The molecule has 0 spiro atoms. The third-order valence-corrected chi connectivity index (χ3v) is 6.40. The van der Waals surface area contributed by atoms with Crippen LogP contribution in [0.15, 0.2) is 66.7 Å². The van der Waals surface area contributed by atoms with Crippen LogP contribution in [0.3, 0.4) is 0 Å². The summed E-state index contributed by atoms with van der Waals surface area (Å²) in [5, 5.41) is 15.7. The lowest BCUT2D eigenvalue weighted by Gasteiger charge is -2.47. The van der Waals surface area contributed by atoms with E-state index in [4.69, 9.17) is 9.47 Å². The van der Waals surface area contributed by atoms with E-state index in [1.165, 1.54) is 0 Å². The van der Waals surface area contributed by atoms with Crippen LogP contribution in [-0.4, -0.2) is 27.9 Å². The minimum Gasteiger partial charge on any atom is -0.376 e. The van der Waals surface area contributed by atoms with Crippen molar-refractivity contribution in [2.24, 2.45) is 5.41 Å². The Hall–Kier alpha value is -3.03. The monoisotopic (exact) mass is 463 g/mol. The molecule has 0 unspecified atom stereocenters. The SMILES string of the molecule is CC(C)(C)c1cc([N+](=O)[O-])nn1C1CC(COCc2ccccc2)(COCc2ccccc2)C1. The topological polar surface area (TPSA) is 79.4 Å². The molecule has 0 saturated heterocycles. The Morgan fingerprint density at radius 1 is 0.971 bits per heavy atom. The standard InChI is InChI=1S/C27H33N3O4/c1-26(2,3)24-14-25(30(31)32)28-29(24)23-15-27(16-23,19-33-17-21-10-6-4-7-11-21)20-34-18-22-12-8-5-9-13-22/h4-14,23H,15-20H2,1-3H3. The van der Waals surface area contributed by atoms with Crippen molar-refractivity contribution in [2.75, 3.05) is 13.2 Å². The molecule has 1 saturated carbocycles. The van der Waals surface area contributed by atoms with Crippen molar-refractivity contribution in [3.05, 3.63) is 93.7 Å². The third kappa shape index (κ3) is 5.72. The highest BCUT2D eigenvalue weighted by Crippen LogP contribution is 2.50. The van der Waals surface area contributed by atoms with Crippen LogP contribution in [0.25, 0.3) is 0 Å². The van der Waals surface area contributed by atoms with Crippen LogP contribution in [0.5, 0.6) is 0 Å². The third-order valence-electron chi connectivity index (χ3n) is 6.40. The van der Waals surface area contributed by atoms with E-state index >= 15 is 0 Å². The van der Waals surface area contributed by atoms with Crippen LogP contribution in [0.2, 0.25) is 0 Å². The first kappa shape index (κ1) is 24.1. The van der Waals surface area contributed by atoms with Crippen molar-refractivity contribution >= 4 is 5.82 Å². The average Bonchev–Trinajstić information content (AvgIpc) is 3.24. The summed E-state index contributed by atoms with van der Waals surface area (Å²) in [6.07, 6.45) is 1.61. The highest BCUT2D eigenvalue weighted by Gasteiger charge is 2.49. The van der Waals surface area contributed by atoms with E-state index in [1.807, 2.05) is 41.1 Å². The summed E-state index contributed by atoms with van der Waals surface area (Å²) in [5.74, 6) is -0.0944. The molecule has 1 aromatic heterocycles. The van der Waals surface area contributed by atoms with Crippen LogP contribution in [0.4, 0.5) is 5.82 Å². The van der Waals surface area contributed by atoms with E-state index in [0.717, 1.165) is 29.7 Å². The molecule has 0 N–H and O–H groups in total. The maximum absolute atomic E-state index is 11.4. The first-order valence-corrected chi connectivity index (χ1v) is 11.7. The molecule has 0 bridgehead atoms. The van der Waals surface area contributed by atoms with Gasteiger partial charge in [0.25, 0.3) is 0 Å². The summed E-state index contributed by atoms with van der Waals surface area (Å²) >= 11 is 0. The van der Waals surface area contributed by atoms with E-state index in [1.54, 1.807) is 6.07 Å². The van der Waals surface area contributed by atoms with Gasteiger partial charge in [-0.25, -0.2) is 0 Å². The van der Waals surface area contributed by atoms with Gasteiger partial charge in [0, 0.05) is 10.8 Å². The highest BCUT2D eigenvalue weighted by atomic mass is 16.6. The van der Waals surface area contributed by atoms with Crippen molar-refractivity contribution in [2.45, 2.75) is 58.3 Å². The number of hydrogen-bond donors (Lipinski definition) is 0. The van der Waals surface area contributed by atoms with Crippen molar-refractivity contribution in [3.63, 3.8) is 0 Å². The number of nitrogens with zero attached hydrogens (tertiary/aromatic N) is 3. The van der Waals surface area contributed by atoms with Crippen LogP contribution >= 0.6 is 0 Å². The Bertz CT molecular complexity index is 1040. The predicted octanol–water partition coefficient (Wildman–Crippen LogP) is 5.84. The molecule has 2 aromatic carbocycles. The molecule has 0 amide bonds. The molecule has 1 aliphatic carbocycles. The Labute approximate surface area is 200 Å². The van der Waals surface area contributed by atoms with Crippen LogP contribution < -0.4 is 0 Å². The Kier molecular flexibility index (Phi) is 7.14. The zero-order valence-electron chi connectivity index (χ0n) is 20.1. The molecule has 1 heterocycles. The van der Waals surface area contributed by atoms with Crippen LogP contribution in [0, 0.1) is 15.5 Å². The lowest BCUT2D eigenvalue weighted by atomic mass is 9.66. The smallest absolute Gasteiger partial charge is 0.376 e. The normalized spacial score (nSPS) is 15.7. The van der Waals surface area contributed by atoms with Gasteiger partial charge in [-0.2, -0.15) is 4.68 Å². The molecule has 7 heteroatoms. The summed E-state index contributed by atoms with van der Waals surface area (Å²) in [6.45, 7) is 8.41. The van der Waals surface area contributed by atoms with Gasteiger partial charge in [-0.05, 0) is 28.9 Å². The second-order valence-electron chi connectivity index (χ2n) is 10.4. The zero-order chi connectivity index (χ0) is 24.2. The molecule has 0 atom stereocenters. The second-order valence-corrected chi connectivity index (χ2v) is 10.4. The number of nitro groups is 1. The number of rotatable bonds is 10. The van der Waals surface area contributed by atoms with Crippen molar-refractivity contribution in [3.8, 4) is 0 Å². The first-order chi connectivity index (χ1) is 16.3. The number of benzene rings is 2. The van der Waals surface area contributed by atoms with Gasteiger partial charge < -0.3 is 19.6 Å². The summed E-state index contributed by atoms with van der Waals surface area (Å²) in [6, 6.07) is 21.9. The molecular formula is C27H33N3O4. The molecule has 3 aromatic rings. The molecule has 0 radical (unpaired) electrons. The first-order valence-electron chi connectivity index (χ1n) is 11.7. The van der Waals surface area contributed by atoms with Crippen molar-refractivity contribution < 1.29 is 14.4 Å². The van der Waals surface area contributed by atoms with E-state index in [9.17, 15) is 10.1 Å². The number of hydrogen-bond acceptors (Lipinski definition) is 5. The molecule has 4 rings (SSSR count). The average molecular weight is 464 g/mol. The molecule has 0 aliphatic heterocycles. The van der Waals surface area contributed by atoms with Crippen molar-refractivity contribution in [1.29, 1.82) is 0 Å². The summed E-state index contributed by atoms with van der Waals surface area (Å²) < 4.78 is 14.1. The fourth-order valence-electron chi connectivity index (χ4n) is 4.62. The van der Waals surface area contributed by atoms with Crippen LogP contribution in [0.1, 0.15) is 56.5 Å². The fourth-order valence-corrected chi connectivity index (χ4v) is 4.62. The summed E-state index contributed by atoms with van der Waals surface area (Å²) in [7, 11) is 0. The van der Waals surface area contributed by atoms with Gasteiger partial charge in [-0.3, -0.25) is 0 Å². The predicted molar refractivity (Wildman–Crippen MR) is 130 cm³/mol. The minimum atomic E-state index is -0.413. The maximum atomic E-state index is 11.4. The molecule has 34 heavy (non-hydrogen) atoms. The molecule has 7 nitrogen and oxygen atoms in total. The number of ether oxygens (including phenoxy) is 2. The Morgan fingerprint density at radius 2 is 1.47 bits per heavy atom. The minimum absolute atomic E-state index is 0.0866. The molecule has 1 aliphatic rings. The van der Waals surface area contributed by atoms with E-state index in [0.29, 0.717) is 26.4 Å². The molecule has 180 valence electrons. The van der Waals surface area contributed by atoms with Crippen LogP contribution in [-0.2, 0) is 28.1 Å². The van der Waals surface area contributed by atoms with Gasteiger partial charge in [0.05, 0.1) is 49.3 Å². The van der Waals surface area contributed by atoms with Gasteiger partial charge in [0.15, 0.2) is 0 Å². The van der Waals surface area contributed by atoms with Crippen molar-refractivity contribution in [1.82, 2.24) is 9.78 Å². The van der Waals surface area contributed by atoms with Gasteiger partial charge in [0.1, 0.15) is 0 Å². The number of aromatic nitrogens is 2. The fraction of sp³-hybridized carbons (Fsp3) is 0.444. The van der Waals surface area contributed by atoms with E-state index < -0.39 is 4.92 Å².